The summed E-state index contributed by atoms with van der Waals surface area (Å²) in [6.45, 7) is 2.52. The average molecular weight is 382 g/mol. The van der Waals surface area contributed by atoms with Gasteiger partial charge in [0.05, 0.1) is 12.2 Å². The molecule has 0 radical (unpaired) electrons. The van der Waals surface area contributed by atoms with Crippen molar-refractivity contribution in [2.75, 3.05) is 6.54 Å². The molecule has 2 heterocycles. The van der Waals surface area contributed by atoms with Crippen LogP contribution in [0, 0.1) is 12.7 Å². The Morgan fingerprint density at radius 3 is 2.81 bits per heavy atom. The number of carbonyl (C=O) groups excluding carboxylic acids is 1. The van der Waals surface area contributed by atoms with Gasteiger partial charge in [-0.3, -0.25) is 4.68 Å². The van der Waals surface area contributed by atoms with Crippen LogP contribution in [-0.4, -0.2) is 38.4 Å². The Labute approximate surface area is 153 Å². The summed E-state index contributed by atoms with van der Waals surface area (Å²) in [5, 5.41) is 13.3. The Hall–Kier alpha value is -2.61. The van der Waals surface area contributed by atoms with E-state index in [1.165, 1.54) is 9.58 Å². The third kappa shape index (κ3) is 3.80. The molecule has 0 aliphatic carbocycles. The lowest BCUT2D eigenvalue weighted by Gasteiger charge is -2.19. The topological polar surface area (TPSA) is 84.7 Å². The first-order valence-corrected chi connectivity index (χ1v) is 8.39. The first-order valence-electron chi connectivity index (χ1n) is 8.01. The number of carboxylic acid groups (broad SMARTS) is 1. The number of amides is 1. The molecule has 26 heavy (non-hydrogen) atoms. The standard InChI is InChI=1S/C17H17ClFN3O4/c1-10-5-11(7-12(18)6-10)9-26-17(25)21-3-2-4-22-13(8-21)14(19)15(20-22)16(23)24/h5-7H,2-4,8-9H2,1H3,(H,23,24). The van der Waals surface area contributed by atoms with E-state index in [-0.39, 0.29) is 18.8 Å². The highest BCUT2D eigenvalue weighted by Gasteiger charge is 2.28. The van der Waals surface area contributed by atoms with Crippen LogP contribution in [0.5, 0.6) is 0 Å². The molecule has 9 heteroatoms. The second-order valence-corrected chi connectivity index (χ2v) is 6.54. The molecule has 0 unspecified atom stereocenters. The largest absolute Gasteiger partial charge is 0.476 e. The quantitative estimate of drug-likeness (QED) is 0.882. The summed E-state index contributed by atoms with van der Waals surface area (Å²) in [4.78, 5) is 24.7. The fourth-order valence-electron chi connectivity index (χ4n) is 2.91. The molecular formula is C17H17ClFN3O4. The Morgan fingerprint density at radius 1 is 1.35 bits per heavy atom. The van der Waals surface area contributed by atoms with Crippen molar-refractivity contribution in [3.8, 4) is 0 Å². The lowest BCUT2D eigenvalue weighted by molar-refractivity contribution is 0.0684. The number of rotatable bonds is 3. The number of aromatic carboxylic acids is 1. The van der Waals surface area contributed by atoms with Gasteiger partial charge in [-0.25, -0.2) is 14.0 Å². The molecule has 0 saturated heterocycles. The summed E-state index contributed by atoms with van der Waals surface area (Å²) in [6, 6.07) is 5.36. The highest BCUT2D eigenvalue weighted by atomic mass is 35.5. The van der Waals surface area contributed by atoms with Gasteiger partial charge in [-0.2, -0.15) is 5.10 Å². The normalized spacial score (nSPS) is 13.9. The van der Waals surface area contributed by atoms with Crippen molar-refractivity contribution in [2.24, 2.45) is 0 Å². The number of halogens is 2. The first kappa shape index (κ1) is 18.2. The van der Waals surface area contributed by atoms with Gasteiger partial charge in [-0.1, -0.05) is 17.7 Å². The maximum atomic E-state index is 14.3. The van der Waals surface area contributed by atoms with Crippen molar-refractivity contribution in [2.45, 2.75) is 33.0 Å². The molecule has 3 rings (SSSR count). The molecule has 7 nitrogen and oxygen atoms in total. The van der Waals surface area contributed by atoms with Crippen LogP contribution in [0.1, 0.15) is 33.7 Å². The molecule has 1 aromatic carbocycles. The highest BCUT2D eigenvalue weighted by Crippen LogP contribution is 2.20. The second-order valence-electron chi connectivity index (χ2n) is 6.10. The molecular weight excluding hydrogens is 365 g/mol. The van der Waals surface area contributed by atoms with Crippen molar-refractivity contribution >= 4 is 23.7 Å². The SMILES string of the molecule is Cc1cc(Cl)cc(COC(=O)N2CCCn3nc(C(=O)O)c(F)c3C2)c1. The summed E-state index contributed by atoms with van der Waals surface area (Å²) >= 11 is 5.99. The third-order valence-electron chi connectivity index (χ3n) is 4.06. The van der Waals surface area contributed by atoms with Gasteiger partial charge in [-0.05, 0) is 36.6 Å². The van der Waals surface area contributed by atoms with Crippen LogP contribution < -0.4 is 0 Å². The number of fused-ring (bicyclic) bond motifs is 1. The maximum absolute atomic E-state index is 14.3. The average Bonchev–Trinajstić information content (AvgIpc) is 2.75. The minimum Gasteiger partial charge on any atom is -0.476 e. The molecule has 1 aliphatic heterocycles. The van der Waals surface area contributed by atoms with Crippen LogP contribution in [-0.2, 0) is 24.4 Å². The Kier molecular flexibility index (Phi) is 5.13. The van der Waals surface area contributed by atoms with Crippen LogP contribution in [0.25, 0.3) is 0 Å². The first-order chi connectivity index (χ1) is 12.3. The van der Waals surface area contributed by atoms with Crippen LogP contribution >= 0.6 is 11.6 Å². The van der Waals surface area contributed by atoms with Crippen LogP contribution in [0.15, 0.2) is 18.2 Å². The van der Waals surface area contributed by atoms with Crippen molar-refractivity contribution in [1.29, 1.82) is 0 Å². The Balaban J connectivity index is 1.71. The van der Waals surface area contributed by atoms with E-state index < -0.39 is 23.6 Å². The summed E-state index contributed by atoms with van der Waals surface area (Å²) in [5.41, 5.74) is 1.13. The van der Waals surface area contributed by atoms with Gasteiger partial charge < -0.3 is 14.7 Å². The molecule has 0 bridgehead atoms. The van der Waals surface area contributed by atoms with Gasteiger partial charge in [0.2, 0.25) is 5.69 Å². The number of nitrogens with zero attached hydrogens (tertiary/aromatic N) is 3. The zero-order valence-corrected chi connectivity index (χ0v) is 14.8. The van der Waals surface area contributed by atoms with E-state index in [2.05, 4.69) is 5.10 Å². The van der Waals surface area contributed by atoms with Crippen LogP contribution in [0.2, 0.25) is 5.02 Å². The molecule has 1 aromatic heterocycles. The van der Waals surface area contributed by atoms with E-state index in [0.717, 1.165) is 11.1 Å². The van der Waals surface area contributed by atoms with Gasteiger partial charge in [-0.15, -0.1) is 0 Å². The molecule has 0 atom stereocenters. The van der Waals surface area contributed by atoms with Crippen molar-refractivity contribution < 1.29 is 23.8 Å². The number of ether oxygens (including phenoxy) is 1. The molecule has 0 saturated carbocycles. The van der Waals surface area contributed by atoms with E-state index in [4.69, 9.17) is 21.4 Å². The second kappa shape index (κ2) is 7.33. The van der Waals surface area contributed by atoms with E-state index >= 15 is 0 Å². The molecule has 0 spiro atoms. The number of hydrogen-bond donors (Lipinski definition) is 1. The van der Waals surface area contributed by atoms with E-state index in [1.807, 2.05) is 13.0 Å². The zero-order chi connectivity index (χ0) is 18.8. The minimum atomic E-state index is -1.44. The number of benzene rings is 1. The fraction of sp³-hybridized carbons (Fsp3) is 0.353. The summed E-state index contributed by atoms with van der Waals surface area (Å²) in [5.74, 6) is -2.35. The van der Waals surface area contributed by atoms with E-state index in [0.29, 0.717) is 24.5 Å². The van der Waals surface area contributed by atoms with Crippen LogP contribution in [0.4, 0.5) is 9.18 Å². The van der Waals surface area contributed by atoms with Gasteiger partial charge in [0, 0.05) is 18.1 Å². The van der Waals surface area contributed by atoms with Gasteiger partial charge in [0.25, 0.3) is 0 Å². The monoisotopic (exact) mass is 381 g/mol. The highest BCUT2D eigenvalue weighted by molar-refractivity contribution is 6.30. The van der Waals surface area contributed by atoms with Crippen molar-refractivity contribution in [3.05, 3.63) is 51.6 Å². The summed E-state index contributed by atoms with van der Waals surface area (Å²) in [7, 11) is 0. The number of aryl methyl sites for hydroxylation is 2. The van der Waals surface area contributed by atoms with Gasteiger partial charge in [0.15, 0.2) is 5.82 Å². The molecule has 2 aromatic rings. The van der Waals surface area contributed by atoms with Gasteiger partial charge in [0.1, 0.15) is 6.61 Å². The third-order valence-corrected chi connectivity index (χ3v) is 4.28. The Morgan fingerprint density at radius 2 is 2.12 bits per heavy atom. The molecule has 1 aliphatic rings. The maximum Gasteiger partial charge on any atom is 0.410 e. The zero-order valence-electron chi connectivity index (χ0n) is 14.0. The van der Waals surface area contributed by atoms with Crippen molar-refractivity contribution in [3.63, 3.8) is 0 Å². The Bertz CT molecular complexity index is 848. The predicted molar refractivity (Wildman–Crippen MR) is 90.5 cm³/mol. The lowest BCUT2D eigenvalue weighted by Crippen LogP contribution is -2.31. The molecule has 138 valence electrons. The molecule has 0 fully saturated rings. The minimum absolute atomic E-state index is 0.0405. The number of carboxylic acids is 1. The number of aromatic nitrogens is 2. The smallest absolute Gasteiger partial charge is 0.410 e. The molecule has 1 amide bonds. The predicted octanol–water partition coefficient (Wildman–Crippen LogP) is 3.22. The molecule has 1 N–H and O–H groups in total. The number of hydrogen-bond acceptors (Lipinski definition) is 4. The van der Waals surface area contributed by atoms with E-state index in [9.17, 15) is 14.0 Å². The van der Waals surface area contributed by atoms with E-state index in [1.54, 1.807) is 12.1 Å². The fourth-order valence-corrected chi connectivity index (χ4v) is 3.22. The number of carbonyl (C=O) groups is 2. The lowest BCUT2D eigenvalue weighted by atomic mass is 10.1. The summed E-state index contributed by atoms with van der Waals surface area (Å²) in [6.07, 6.45) is -0.0907. The van der Waals surface area contributed by atoms with Gasteiger partial charge >= 0.3 is 12.1 Å². The van der Waals surface area contributed by atoms with Crippen LogP contribution in [0.3, 0.4) is 0 Å². The summed E-state index contributed by atoms with van der Waals surface area (Å²) < 4.78 is 20.9. The van der Waals surface area contributed by atoms with Crippen molar-refractivity contribution in [1.82, 2.24) is 14.7 Å².